The molecule has 0 aliphatic carbocycles. The zero-order chi connectivity index (χ0) is 21.0. The molecule has 2 rings (SSSR count). The van der Waals surface area contributed by atoms with E-state index in [0.29, 0.717) is 19.4 Å². The minimum absolute atomic E-state index is 0.0959. The Morgan fingerprint density at radius 1 is 0.862 bits per heavy atom. The van der Waals surface area contributed by atoms with Crippen LogP contribution in [-0.2, 0) is 14.8 Å². The molecule has 6 heteroatoms. The summed E-state index contributed by atoms with van der Waals surface area (Å²) in [6.45, 7) is 2.94. The third kappa shape index (κ3) is 7.99. The van der Waals surface area contributed by atoms with Crippen molar-refractivity contribution in [3.8, 4) is 0 Å². The number of rotatable bonds is 13. The van der Waals surface area contributed by atoms with E-state index in [-0.39, 0.29) is 17.3 Å². The van der Waals surface area contributed by atoms with Crippen LogP contribution in [0.3, 0.4) is 0 Å². The maximum Gasteiger partial charge on any atom is 0.240 e. The van der Waals surface area contributed by atoms with Crippen LogP contribution >= 0.6 is 0 Å². The lowest BCUT2D eigenvalue weighted by molar-refractivity contribution is -0.118. The lowest BCUT2D eigenvalue weighted by Gasteiger charge is -2.23. The van der Waals surface area contributed by atoms with Gasteiger partial charge in [-0.2, -0.15) is 0 Å². The molecule has 0 heterocycles. The molecule has 5 nitrogen and oxygen atoms in total. The number of anilines is 1. The first-order valence-corrected chi connectivity index (χ1v) is 11.9. The topological polar surface area (TPSA) is 66.5 Å². The largest absolute Gasteiger partial charge is 0.312 e. The Bertz CT molecular complexity index is 824. The van der Waals surface area contributed by atoms with Gasteiger partial charge in [-0.25, -0.2) is 13.1 Å². The van der Waals surface area contributed by atoms with Crippen molar-refractivity contribution >= 4 is 21.6 Å². The predicted molar refractivity (Wildman–Crippen MR) is 118 cm³/mol. The van der Waals surface area contributed by atoms with Crippen LogP contribution < -0.4 is 9.62 Å². The van der Waals surface area contributed by atoms with Gasteiger partial charge in [0.2, 0.25) is 15.9 Å². The minimum atomic E-state index is -3.52. The monoisotopic (exact) mass is 416 g/mol. The molecule has 0 aliphatic rings. The standard InChI is InChI=1S/C23H32N2O3S/c1-2-3-4-5-12-18-23(26)25(21-14-8-6-9-15-21)20-13-19-24-29(27,28)22-16-10-7-11-17-22/h6-11,14-17,24H,2-5,12-13,18-20H2,1H3. The smallest absolute Gasteiger partial charge is 0.240 e. The molecule has 0 radical (unpaired) electrons. The number of hydrogen-bond acceptors (Lipinski definition) is 3. The van der Waals surface area contributed by atoms with Gasteiger partial charge in [-0.3, -0.25) is 4.79 Å². The third-order valence-corrected chi connectivity index (χ3v) is 6.24. The van der Waals surface area contributed by atoms with E-state index in [4.69, 9.17) is 0 Å². The second-order valence-corrected chi connectivity index (χ2v) is 8.88. The predicted octanol–water partition coefficient (Wildman–Crippen LogP) is 4.75. The number of nitrogens with one attached hydrogen (secondary N) is 1. The lowest BCUT2D eigenvalue weighted by Crippen LogP contribution is -2.34. The number of para-hydroxylation sites is 1. The Balaban J connectivity index is 1.88. The number of carbonyl (C=O) groups is 1. The summed E-state index contributed by atoms with van der Waals surface area (Å²) >= 11 is 0. The summed E-state index contributed by atoms with van der Waals surface area (Å²) in [4.78, 5) is 14.8. The van der Waals surface area contributed by atoms with Gasteiger partial charge >= 0.3 is 0 Å². The van der Waals surface area contributed by atoms with Gasteiger partial charge in [0.1, 0.15) is 0 Å². The molecular weight excluding hydrogens is 384 g/mol. The number of unbranched alkanes of at least 4 members (excludes halogenated alkanes) is 4. The Labute approximate surface area is 175 Å². The molecule has 2 aromatic carbocycles. The molecule has 0 fully saturated rings. The first-order chi connectivity index (χ1) is 14.0. The fourth-order valence-corrected chi connectivity index (χ4v) is 4.24. The Kier molecular flexibility index (Phi) is 9.88. The average Bonchev–Trinajstić information content (AvgIpc) is 2.74. The molecule has 2 aromatic rings. The highest BCUT2D eigenvalue weighted by Crippen LogP contribution is 2.17. The van der Waals surface area contributed by atoms with Crippen molar-refractivity contribution < 1.29 is 13.2 Å². The SMILES string of the molecule is CCCCCCCC(=O)N(CCCNS(=O)(=O)c1ccccc1)c1ccccc1. The fourth-order valence-electron chi connectivity index (χ4n) is 3.15. The van der Waals surface area contributed by atoms with Crippen molar-refractivity contribution in [1.82, 2.24) is 4.72 Å². The number of sulfonamides is 1. The van der Waals surface area contributed by atoms with E-state index >= 15 is 0 Å². The Hall–Kier alpha value is -2.18. The van der Waals surface area contributed by atoms with Crippen LogP contribution in [0, 0.1) is 0 Å². The first kappa shape index (κ1) is 23.1. The maximum atomic E-state index is 12.8. The fraction of sp³-hybridized carbons (Fsp3) is 0.435. The van der Waals surface area contributed by atoms with Crippen LogP contribution in [0.1, 0.15) is 51.9 Å². The van der Waals surface area contributed by atoms with Crippen molar-refractivity contribution in [2.75, 3.05) is 18.0 Å². The summed E-state index contributed by atoms with van der Waals surface area (Å²) in [5.41, 5.74) is 0.858. The number of hydrogen-bond donors (Lipinski definition) is 1. The van der Waals surface area contributed by atoms with E-state index in [9.17, 15) is 13.2 Å². The Morgan fingerprint density at radius 3 is 2.14 bits per heavy atom. The van der Waals surface area contributed by atoms with Crippen LogP contribution in [0.2, 0.25) is 0 Å². The van der Waals surface area contributed by atoms with Gasteiger partial charge in [0, 0.05) is 25.2 Å². The molecule has 0 unspecified atom stereocenters. The molecule has 0 saturated carbocycles. The number of benzene rings is 2. The average molecular weight is 417 g/mol. The Morgan fingerprint density at radius 2 is 1.48 bits per heavy atom. The van der Waals surface area contributed by atoms with Gasteiger partial charge in [0.15, 0.2) is 0 Å². The maximum absolute atomic E-state index is 12.8. The van der Waals surface area contributed by atoms with Gasteiger partial charge < -0.3 is 4.90 Å². The quantitative estimate of drug-likeness (QED) is 0.479. The first-order valence-electron chi connectivity index (χ1n) is 10.4. The summed E-state index contributed by atoms with van der Waals surface area (Å²) in [5, 5.41) is 0. The van der Waals surface area contributed by atoms with Crippen LogP contribution in [0.15, 0.2) is 65.6 Å². The number of amides is 1. The minimum Gasteiger partial charge on any atom is -0.312 e. The van der Waals surface area contributed by atoms with Crippen LogP contribution in [0.5, 0.6) is 0 Å². The summed E-state index contributed by atoms with van der Waals surface area (Å²) in [6, 6.07) is 17.9. The van der Waals surface area contributed by atoms with Crippen molar-refractivity contribution in [3.05, 3.63) is 60.7 Å². The van der Waals surface area contributed by atoms with Gasteiger partial charge in [-0.1, -0.05) is 69.0 Å². The number of nitrogens with zero attached hydrogens (tertiary/aromatic N) is 1. The van der Waals surface area contributed by atoms with Crippen molar-refractivity contribution in [2.24, 2.45) is 0 Å². The number of carbonyl (C=O) groups excluding carboxylic acids is 1. The summed E-state index contributed by atoms with van der Waals surface area (Å²) in [7, 11) is -3.52. The zero-order valence-electron chi connectivity index (χ0n) is 17.2. The van der Waals surface area contributed by atoms with E-state index < -0.39 is 10.0 Å². The van der Waals surface area contributed by atoms with E-state index in [1.165, 1.54) is 12.8 Å². The van der Waals surface area contributed by atoms with Gasteiger partial charge in [-0.05, 0) is 37.1 Å². The van der Waals surface area contributed by atoms with Crippen molar-refractivity contribution in [2.45, 2.75) is 56.8 Å². The van der Waals surface area contributed by atoms with Gasteiger partial charge in [0.25, 0.3) is 0 Å². The van der Waals surface area contributed by atoms with Crippen molar-refractivity contribution in [1.29, 1.82) is 0 Å². The van der Waals surface area contributed by atoms with E-state index in [2.05, 4.69) is 11.6 Å². The third-order valence-electron chi connectivity index (χ3n) is 4.77. The second-order valence-electron chi connectivity index (χ2n) is 7.11. The molecule has 0 spiro atoms. The molecule has 1 N–H and O–H groups in total. The lowest BCUT2D eigenvalue weighted by atomic mass is 10.1. The van der Waals surface area contributed by atoms with E-state index in [1.54, 1.807) is 35.2 Å². The molecule has 29 heavy (non-hydrogen) atoms. The molecule has 0 aliphatic heterocycles. The van der Waals surface area contributed by atoms with Crippen LogP contribution in [0.4, 0.5) is 5.69 Å². The molecular formula is C23H32N2O3S. The molecule has 158 valence electrons. The molecule has 0 saturated heterocycles. The highest BCUT2D eigenvalue weighted by atomic mass is 32.2. The summed E-state index contributed by atoms with van der Waals surface area (Å²) in [6.07, 6.45) is 6.58. The normalized spacial score (nSPS) is 11.3. The molecule has 0 atom stereocenters. The van der Waals surface area contributed by atoms with Crippen LogP contribution in [-0.4, -0.2) is 27.4 Å². The van der Waals surface area contributed by atoms with Gasteiger partial charge in [0.05, 0.1) is 4.90 Å². The second kappa shape index (κ2) is 12.4. The van der Waals surface area contributed by atoms with Crippen molar-refractivity contribution in [3.63, 3.8) is 0 Å². The van der Waals surface area contributed by atoms with Crippen LogP contribution in [0.25, 0.3) is 0 Å². The highest BCUT2D eigenvalue weighted by Gasteiger charge is 2.16. The highest BCUT2D eigenvalue weighted by molar-refractivity contribution is 7.89. The van der Waals surface area contributed by atoms with E-state index in [1.807, 2.05) is 30.3 Å². The van der Waals surface area contributed by atoms with E-state index in [0.717, 1.165) is 24.9 Å². The molecule has 0 bridgehead atoms. The molecule has 0 aromatic heterocycles. The molecule has 1 amide bonds. The summed E-state index contributed by atoms with van der Waals surface area (Å²) < 4.78 is 27.3. The zero-order valence-corrected chi connectivity index (χ0v) is 18.0. The summed E-state index contributed by atoms with van der Waals surface area (Å²) in [5.74, 6) is 0.0959. The van der Waals surface area contributed by atoms with Gasteiger partial charge in [-0.15, -0.1) is 0 Å².